The van der Waals surface area contributed by atoms with Gasteiger partial charge in [-0.3, -0.25) is 0 Å². The number of halogens is 2. The van der Waals surface area contributed by atoms with Gasteiger partial charge in [-0.25, -0.2) is 8.78 Å². The van der Waals surface area contributed by atoms with Gasteiger partial charge in [0.05, 0.1) is 5.60 Å². The fourth-order valence-electron chi connectivity index (χ4n) is 2.93. The van der Waals surface area contributed by atoms with Crippen molar-refractivity contribution in [3.05, 3.63) is 35.4 Å². The maximum atomic E-state index is 13.8. The van der Waals surface area contributed by atoms with E-state index in [2.05, 4.69) is 0 Å². The molecule has 0 heterocycles. The van der Waals surface area contributed by atoms with Crippen molar-refractivity contribution in [1.82, 2.24) is 0 Å². The molecule has 0 radical (unpaired) electrons. The summed E-state index contributed by atoms with van der Waals surface area (Å²) in [5, 5.41) is 10.5. The van der Waals surface area contributed by atoms with E-state index in [-0.39, 0.29) is 5.56 Å². The molecule has 1 fully saturated rings. The van der Waals surface area contributed by atoms with Gasteiger partial charge in [-0.2, -0.15) is 0 Å². The molecule has 1 aromatic rings. The number of aliphatic hydroxyl groups excluding tert-OH is 1. The first-order valence-electron chi connectivity index (χ1n) is 6.78. The highest BCUT2D eigenvalue weighted by molar-refractivity contribution is 5.24. The van der Waals surface area contributed by atoms with E-state index in [0.29, 0.717) is 12.8 Å². The molecule has 0 saturated heterocycles. The van der Waals surface area contributed by atoms with Crippen molar-refractivity contribution in [1.29, 1.82) is 0 Å². The van der Waals surface area contributed by atoms with Crippen LogP contribution in [0.25, 0.3) is 0 Å². The van der Waals surface area contributed by atoms with Gasteiger partial charge in [-0.1, -0.05) is 37.8 Å². The largest absolute Gasteiger partial charge is 0.385 e. The molecular formula is C15H20F2O2. The molecule has 1 atom stereocenters. The minimum atomic E-state index is -1.13. The van der Waals surface area contributed by atoms with Crippen molar-refractivity contribution >= 4 is 0 Å². The minimum Gasteiger partial charge on any atom is -0.385 e. The van der Waals surface area contributed by atoms with Crippen LogP contribution in [0.4, 0.5) is 8.78 Å². The van der Waals surface area contributed by atoms with Gasteiger partial charge in [0.15, 0.2) is 11.6 Å². The van der Waals surface area contributed by atoms with Crippen LogP contribution in [0.1, 0.15) is 50.2 Å². The van der Waals surface area contributed by atoms with E-state index >= 15 is 0 Å². The second kappa shape index (κ2) is 5.97. The molecule has 19 heavy (non-hydrogen) atoms. The van der Waals surface area contributed by atoms with Gasteiger partial charge in [0.25, 0.3) is 0 Å². The summed E-state index contributed by atoms with van der Waals surface area (Å²) in [7, 11) is 1.53. The van der Waals surface area contributed by atoms with Crippen LogP contribution in [0.15, 0.2) is 18.2 Å². The van der Waals surface area contributed by atoms with Gasteiger partial charge in [-0.15, -0.1) is 0 Å². The van der Waals surface area contributed by atoms with Crippen LogP contribution in [-0.2, 0) is 4.74 Å². The van der Waals surface area contributed by atoms with Crippen LogP contribution in [0.3, 0.4) is 0 Å². The average molecular weight is 270 g/mol. The topological polar surface area (TPSA) is 29.5 Å². The van der Waals surface area contributed by atoms with Crippen molar-refractivity contribution in [3.63, 3.8) is 0 Å². The first-order valence-corrected chi connectivity index (χ1v) is 6.78. The van der Waals surface area contributed by atoms with Crippen molar-refractivity contribution in [2.45, 2.75) is 50.2 Å². The van der Waals surface area contributed by atoms with Crippen molar-refractivity contribution in [2.75, 3.05) is 7.11 Å². The number of hydrogen-bond donors (Lipinski definition) is 1. The van der Waals surface area contributed by atoms with E-state index in [4.69, 9.17) is 4.74 Å². The normalized spacial score (nSPS) is 20.8. The SMILES string of the molecule is COC1(C(O)c2cccc(F)c2F)CCCCCC1. The van der Waals surface area contributed by atoms with Gasteiger partial charge in [0.1, 0.15) is 6.10 Å². The van der Waals surface area contributed by atoms with Crippen molar-refractivity contribution < 1.29 is 18.6 Å². The zero-order valence-electron chi connectivity index (χ0n) is 11.2. The quantitative estimate of drug-likeness (QED) is 0.848. The second-order valence-corrected chi connectivity index (χ2v) is 5.23. The lowest BCUT2D eigenvalue weighted by molar-refractivity contribution is -0.115. The molecule has 0 amide bonds. The lowest BCUT2D eigenvalue weighted by Gasteiger charge is -2.36. The molecule has 0 aromatic heterocycles. The third-order valence-electron chi connectivity index (χ3n) is 4.13. The summed E-state index contributed by atoms with van der Waals surface area (Å²) < 4.78 is 32.6. The van der Waals surface area contributed by atoms with Gasteiger partial charge >= 0.3 is 0 Å². The van der Waals surface area contributed by atoms with E-state index in [1.54, 1.807) is 0 Å². The summed E-state index contributed by atoms with van der Waals surface area (Å²) in [5.41, 5.74) is -0.811. The highest BCUT2D eigenvalue weighted by Gasteiger charge is 2.40. The Kier molecular flexibility index (Phi) is 4.53. The average Bonchev–Trinajstić information content (AvgIpc) is 2.67. The fourth-order valence-corrected chi connectivity index (χ4v) is 2.93. The number of hydrogen-bond acceptors (Lipinski definition) is 2. The van der Waals surface area contributed by atoms with Crippen LogP contribution in [-0.4, -0.2) is 17.8 Å². The molecule has 106 valence electrons. The van der Waals surface area contributed by atoms with Crippen molar-refractivity contribution in [3.8, 4) is 0 Å². The van der Waals surface area contributed by atoms with E-state index in [0.717, 1.165) is 31.7 Å². The summed E-state index contributed by atoms with van der Waals surface area (Å²) in [4.78, 5) is 0. The van der Waals surface area contributed by atoms with Crippen LogP contribution in [0.2, 0.25) is 0 Å². The third kappa shape index (κ3) is 2.79. The predicted molar refractivity (Wildman–Crippen MR) is 68.8 cm³/mol. The molecule has 1 N–H and O–H groups in total. The fraction of sp³-hybridized carbons (Fsp3) is 0.600. The van der Waals surface area contributed by atoms with Crippen LogP contribution in [0.5, 0.6) is 0 Å². The van der Waals surface area contributed by atoms with E-state index in [1.165, 1.54) is 19.2 Å². The molecule has 0 bridgehead atoms. The minimum absolute atomic E-state index is 0.0104. The lowest BCUT2D eigenvalue weighted by atomic mass is 9.84. The molecule has 2 rings (SSSR count). The zero-order chi connectivity index (χ0) is 13.9. The first-order chi connectivity index (χ1) is 9.10. The molecule has 4 heteroatoms. The molecular weight excluding hydrogens is 250 g/mol. The van der Waals surface area contributed by atoms with Gasteiger partial charge < -0.3 is 9.84 Å². The monoisotopic (exact) mass is 270 g/mol. The van der Waals surface area contributed by atoms with Gasteiger partial charge in [0.2, 0.25) is 0 Å². The van der Waals surface area contributed by atoms with Crippen LogP contribution in [0, 0.1) is 11.6 Å². The lowest BCUT2D eigenvalue weighted by Crippen LogP contribution is -2.38. The molecule has 1 saturated carbocycles. The maximum Gasteiger partial charge on any atom is 0.164 e. The summed E-state index contributed by atoms with van der Waals surface area (Å²) in [6.45, 7) is 0. The van der Waals surface area contributed by atoms with Gasteiger partial charge in [0, 0.05) is 12.7 Å². The Morgan fingerprint density at radius 1 is 1.16 bits per heavy atom. The summed E-state index contributed by atoms with van der Waals surface area (Å²) in [6.07, 6.45) is 4.24. The number of aliphatic hydroxyl groups is 1. The highest BCUT2D eigenvalue weighted by atomic mass is 19.2. The van der Waals surface area contributed by atoms with E-state index in [9.17, 15) is 13.9 Å². The molecule has 1 unspecified atom stereocenters. The highest BCUT2D eigenvalue weighted by Crippen LogP contribution is 2.41. The smallest absolute Gasteiger partial charge is 0.164 e. The number of rotatable bonds is 3. The Balaban J connectivity index is 2.34. The molecule has 0 aliphatic heterocycles. The Hall–Kier alpha value is -1.00. The molecule has 2 nitrogen and oxygen atoms in total. The van der Waals surface area contributed by atoms with Crippen LogP contribution >= 0.6 is 0 Å². The standard InChI is InChI=1S/C15H20F2O2/c1-19-15(9-4-2-3-5-10-15)14(18)11-7-6-8-12(16)13(11)17/h6-8,14,18H,2-5,9-10H2,1H3. The summed E-state index contributed by atoms with van der Waals surface area (Å²) >= 11 is 0. The molecule has 1 aliphatic rings. The predicted octanol–water partition coefficient (Wildman–Crippen LogP) is 3.74. The molecule has 1 aliphatic carbocycles. The van der Waals surface area contributed by atoms with Gasteiger partial charge in [-0.05, 0) is 18.9 Å². The maximum absolute atomic E-state index is 13.8. The first kappa shape index (κ1) is 14.4. The Bertz CT molecular complexity index is 426. The second-order valence-electron chi connectivity index (χ2n) is 5.23. The Morgan fingerprint density at radius 2 is 1.79 bits per heavy atom. The Labute approximate surface area is 112 Å². The summed E-state index contributed by atoms with van der Waals surface area (Å²) in [6, 6.07) is 3.89. The van der Waals surface area contributed by atoms with E-state index in [1.807, 2.05) is 0 Å². The number of benzene rings is 1. The molecule has 1 aromatic carbocycles. The number of methoxy groups -OCH3 is 1. The van der Waals surface area contributed by atoms with Crippen LogP contribution < -0.4 is 0 Å². The zero-order valence-corrected chi connectivity index (χ0v) is 11.2. The van der Waals surface area contributed by atoms with Crippen molar-refractivity contribution in [2.24, 2.45) is 0 Å². The van der Waals surface area contributed by atoms with E-state index < -0.39 is 23.3 Å². The molecule has 0 spiro atoms. The summed E-state index contributed by atoms with van der Waals surface area (Å²) in [5.74, 6) is -1.91. The number of ether oxygens (including phenoxy) is 1. The Morgan fingerprint density at radius 3 is 2.37 bits per heavy atom. The third-order valence-corrected chi connectivity index (χ3v) is 4.13.